The fraction of sp³-hybridized carbons (Fsp3) is 0.636. The van der Waals surface area contributed by atoms with Gasteiger partial charge in [0, 0.05) is 74.2 Å². The SMILES string of the molecule is CCC1c2cc3[nH]c4c(c5nc(cc6[nH]c(cc(n2)C1C)/c(=C(/C)O)c6C)C(C)C5CCC(=O)OCCC(C)CCCC(C)CCCC(C)CCCC(C)C)C(C(=O)OC)C(O)=c4c3C. The molecule has 8 unspecified atom stereocenters. The number of fused-ring (bicyclic) bond motifs is 8. The Bertz CT molecular complexity index is 2480. The summed E-state index contributed by atoms with van der Waals surface area (Å²) in [5.74, 6) is 0.918. The number of H-pyrrole nitrogens is 2. The Morgan fingerprint density at radius 3 is 1.91 bits per heavy atom. The van der Waals surface area contributed by atoms with Crippen molar-refractivity contribution in [1.29, 1.82) is 0 Å². The number of aromatic nitrogens is 4. The molecule has 10 heteroatoms. The minimum Gasteiger partial charge on any atom is -0.512 e. The van der Waals surface area contributed by atoms with Gasteiger partial charge < -0.3 is 29.7 Å². The number of carbonyl (C=O) groups is 2. The summed E-state index contributed by atoms with van der Waals surface area (Å²) in [7, 11) is 1.33. The van der Waals surface area contributed by atoms with E-state index in [-0.39, 0.29) is 47.6 Å². The molecule has 0 fully saturated rings. The van der Waals surface area contributed by atoms with Crippen molar-refractivity contribution in [1.82, 2.24) is 19.9 Å². The summed E-state index contributed by atoms with van der Waals surface area (Å²) in [5, 5.41) is 24.2. The Kier molecular flexibility index (Phi) is 16.7. The Morgan fingerprint density at radius 1 is 0.754 bits per heavy atom. The van der Waals surface area contributed by atoms with Gasteiger partial charge in [-0.25, -0.2) is 0 Å². The summed E-state index contributed by atoms with van der Waals surface area (Å²) in [6, 6.07) is 6.14. The largest absolute Gasteiger partial charge is 0.512 e. The molecule has 6 rings (SSSR count). The van der Waals surface area contributed by atoms with Gasteiger partial charge in [-0.1, -0.05) is 113 Å². The molecule has 10 nitrogen and oxygen atoms in total. The van der Waals surface area contributed by atoms with Crippen LogP contribution in [0.1, 0.15) is 215 Å². The number of aliphatic hydroxyl groups excluding tert-OH is 2. The normalized spacial score (nSPS) is 21.1. The molecule has 0 amide bonds. The topological polar surface area (TPSA) is 150 Å². The van der Waals surface area contributed by atoms with E-state index in [1.807, 2.05) is 19.9 Å². The third-order valence-corrected chi connectivity index (χ3v) is 15.3. The van der Waals surface area contributed by atoms with Crippen LogP contribution in [-0.4, -0.2) is 55.8 Å². The average molecular weight is 893 g/mol. The number of carbonyl (C=O) groups excluding carboxylic acids is 2. The molecule has 3 aromatic rings. The highest BCUT2D eigenvalue weighted by molar-refractivity contribution is 5.96. The summed E-state index contributed by atoms with van der Waals surface area (Å²) in [5.41, 5.74) is 8.55. The first kappa shape index (κ1) is 49.8. The van der Waals surface area contributed by atoms with Crippen LogP contribution in [0.3, 0.4) is 0 Å². The van der Waals surface area contributed by atoms with Crippen molar-refractivity contribution in [2.75, 3.05) is 13.7 Å². The molecule has 1 aliphatic carbocycles. The second-order valence-corrected chi connectivity index (χ2v) is 20.8. The lowest BCUT2D eigenvalue weighted by molar-refractivity contribution is -0.144. The minimum absolute atomic E-state index is 0.0683. The number of methoxy groups -OCH3 is 1. The Balaban J connectivity index is 1.23. The molecule has 3 aromatic heterocycles. The maximum Gasteiger partial charge on any atom is 0.321 e. The van der Waals surface area contributed by atoms with Gasteiger partial charge in [0.25, 0.3) is 0 Å². The van der Waals surface area contributed by atoms with Crippen LogP contribution >= 0.6 is 0 Å². The Labute approximate surface area is 388 Å². The number of hydrogen-bond donors (Lipinski definition) is 4. The van der Waals surface area contributed by atoms with E-state index in [4.69, 9.17) is 19.4 Å². The van der Waals surface area contributed by atoms with E-state index >= 15 is 0 Å². The van der Waals surface area contributed by atoms with Gasteiger partial charge in [-0.15, -0.1) is 0 Å². The number of nitrogens with zero attached hydrogens (tertiary/aromatic N) is 2. The van der Waals surface area contributed by atoms with Crippen LogP contribution in [0.5, 0.6) is 0 Å². The van der Waals surface area contributed by atoms with Crippen molar-refractivity contribution in [3.8, 4) is 0 Å². The number of nitrogens with one attached hydrogen (secondary N) is 2. The number of ether oxygens (including phenoxy) is 2. The second-order valence-electron chi connectivity index (χ2n) is 20.8. The lowest BCUT2D eigenvalue weighted by Gasteiger charge is -2.19. The highest BCUT2D eigenvalue weighted by Gasteiger charge is 2.42. The number of esters is 2. The van der Waals surface area contributed by atoms with Crippen molar-refractivity contribution in [2.24, 2.45) is 23.7 Å². The van der Waals surface area contributed by atoms with Crippen molar-refractivity contribution in [3.05, 3.63) is 68.1 Å². The van der Waals surface area contributed by atoms with Crippen LogP contribution in [0.4, 0.5) is 0 Å². The van der Waals surface area contributed by atoms with Gasteiger partial charge in [0.1, 0.15) is 11.7 Å². The maximum absolute atomic E-state index is 13.7. The minimum atomic E-state index is -1.08. The second kappa shape index (κ2) is 21.8. The first-order chi connectivity index (χ1) is 30.9. The van der Waals surface area contributed by atoms with Crippen LogP contribution in [0.25, 0.3) is 33.6 Å². The van der Waals surface area contributed by atoms with Crippen LogP contribution in [0, 0.1) is 37.5 Å². The van der Waals surface area contributed by atoms with E-state index in [9.17, 15) is 19.8 Å². The van der Waals surface area contributed by atoms with Gasteiger partial charge in [-0.05, 0) is 93.0 Å². The lowest BCUT2D eigenvalue weighted by Crippen LogP contribution is -2.18. The van der Waals surface area contributed by atoms with Gasteiger partial charge in [0.05, 0.1) is 36.2 Å². The van der Waals surface area contributed by atoms with E-state index in [0.29, 0.717) is 40.9 Å². The molecular weight excluding hydrogens is 813 g/mol. The van der Waals surface area contributed by atoms with Crippen LogP contribution < -0.4 is 10.4 Å². The van der Waals surface area contributed by atoms with E-state index < -0.39 is 11.9 Å². The summed E-state index contributed by atoms with van der Waals surface area (Å²) < 4.78 is 11.2. The van der Waals surface area contributed by atoms with Crippen molar-refractivity contribution in [3.63, 3.8) is 0 Å². The van der Waals surface area contributed by atoms with Crippen LogP contribution in [0.2, 0.25) is 0 Å². The van der Waals surface area contributed by atoms with Gasteiger partial charge in [0.15, 0.2) is 0 Å². The average Bonchev–Trinajstić information content (AvgIpc) is 4.00. The van der Waals surface area contributed by atoms with Crippen LogP contribution in [0.15, 0.2) is 18.2 Å². The number of aromatic amines is 2. The molecule has 5 heterocycles. The number of hydrogen-bond acceptors (Lipinski definition) is 8. The van der Waals surface area contributed by atoms with E-state index in [1.165, 1.54) is 58.5 Å². The summed E-state index contributed by atoms with van der Waals surface area (Å²) in [6.07, 6.45) is 13.9. The van der Waals surface area contributed by atoms with Crippen molar-refractivity contribution < 1.29 is 29.3 Å². The molecule has 0 saturated heterocycles. The standard InChI is InChI=1S/C55H80N4O6/c1-13-39-34(7)41-29-46-48(38(11)60)36(9)43(57-46)27-42-35(8)40(52(58-42)50-51(55(63)64-12)54(62)49-37(10)44(59-53(49)50)28-45(39)56-41)23-24-47(61)65-26-25-33(6)22-16-21-32(5)20-15-19-31(4)18-14-17-30(2)3/h27-35,39-40,51,57,59-60,62H,13-26H2,1-12H3/b42-27?,45-28?,46-29?,48-38-. The fourth-order valence-electron chi connectivity index (χ4n) is 11.0. The number of aryl methyl sites for hydroxylation is 2. The lowest BCUT2D eigenvalue weighted by atomic mass is 9.84. The molecule has 8 bridgehead atoms. The first-order valence-corrected chi connectivity index (χ1v) is 25.1. The molecule has 3 aliphatic rings. The molecule has 0 radical (unpaired) electrons. The summed E-state index contributed by atoms with van der Waals surface area (Å²) in [4.78, 5) is 44.8. The Hall–Kier alpha value is -4.60. The number of rotatable bonds is 20. The highest BCUT2D eigenvalue weighted by Crippen LogP contribution is 2.46. The number of aliphatic hydroxyl groups is 2. The van der Waals surface area contributed by atoms with Gasteiger partial charge in [-0.3, -0.25) is 19.6 Å². The molecule has 356 valence electrons. The van der Waals surface area contributed by atoms with Crippen molar-refractivity contribution in [2.45, 2.75) is 189 Å². The first-order valence-electron chi connectivity index (χ1n) is 25.1. The van der Waals surface area contributed by atoms with E-state index in [0.717, 1.165) is 87.0 Å². The molecule has 0 aromatic carbocycles. The predicted molar refractivity (Wildman–Crippen MR) is 264 cm³/mol. The Morgan fingerprint density at radius 2 is 1.31 bits per heavy atom. The predicted octanol–water partition coefficient (Wildman–Crippen LogP) is 12.5. The maximum atomic E-state index is 13.7. The molecule has 65 heavy (non-hydrogen) atoms. The molecule has 0 saturated carbocycles. The van der Waals surface area contributed by atoms with E-state index in [2.05, 4.69) is 77.5 Å². The third kappa shape index (κ3) is 11.2. The third-order valence-electron chi connectivity index (χ3n) is 15.3. The van der Waals surface area contributed by atoms with Gasteiger partial charge >= 0.3 is 11.9 Å². The van der Waals surface area contributed by atoms with E-state index in [1.54, 1.807) is 6.92 Å². The fourth-order valence-corrected chi connectivity index (χ4v) is 11.0. The summed E-state index contributed by atoms with van der Waals surface area (Å²) in [6.45, 7) is 24.2. The highest BCUT2D eigenvalue weighted by atomic mass is 16.5. The zero-order valence-corrected chi connectivity index (χ0v) is 41.7. The molecular formula is C55H80N4O6. The molecule has 4 N–H and O–H groups in total. The van der Waals surface area contributed by atoms with Gasteiger partial charge in [0.2, 0.25) is 0 Å². The monoisotopic (exact) mass is 893 g/mol. The zero-order chi connectivity index (χ0) is 47.3. The molecule has 8 atom stereocenters. The van der Waals surface area contributed by atoms with Crippen LogP contribution in [-0.2, 0) is 19.1 Å². The zero-order valence-electron chi connectivity index (χ0n) is 41.7. The van der Waals surface area contributed by atoms with Gasteiger partial charge in [-0.2, -0.15) is 0 Å². The smallest absolute Gasteiger partial charge is 0.321 e. The molecule has 0 spiro atoms. The quantitative estimate of drug-likeness (QED) is 0.0819. The molecule has 2 aliphatic heterocycles. The van der Waals surface area contributed by atoms with Crippen molar-refractivity contribution >= 4 is 45.5 Å². The summed E-state index contributed by atoms with van der Waals surface area (Å²) >= 11 is 0.